The fraction of sp³-hybridized carbons (Fsp3) is 0.158. The molecule has 134 valence electrons. The molecule has 0 spiro atoms. The molecule has 0 atom stereocenters. The molecule has 1 aromatic heterocycles. The van der Waals surface area contributed by atoms with E-state index in [0.29, 0.717) is 6.54 Å². The lowest BCUT2D eigenvalue weighted by Gasteiger charge is -2.25. The van der Waals surface area contributed by atoms with Gasteiger partial charge in [-0.3, -0.25) is 4.98 Å². The number of aromatic nitrogens is 1. The lowest BCUT2D eigenvalue weighted by Crippen LogP contribution is -2.16. The normalized spacial score (nSPS) is 10.5. The van der Waals surface area contributed by atoms with Crippen LogP contribution < -0.4 is 9.64 Å². The summed E-state index contributed by atoms with van der Waals surface area (Å²) in [6.07, 6.45) is 3.86. The molecule has 7 heteroatoms. The van der Waals surface area contributed by atoms with Gasteiger partial charge in [-0.05, 0) is 48.7 Å². The Labute approximate surface area is 160 Å². The van der Waals surface area contributed by atoms with E-state index in [1.807, 2.05) is 42.2 Å². The Kier molecular flexibility index (Phi) is 5.80. The summed E-state index contributed by atoms with van der Waals surface area (Å²) in [6.45, 7) is 0.650. The van der Waals surface area contributed by atoms with Crippen molar-refractivity contribution in [1.82, 2.24) is 4.98 Å². The summed E-state index contributed by atoms with van der Waals surface area (Å²) in [5.41, 5.74) is 4.00. The Balaban J connectivity index is 2.01. The molecule has 26 heavy (non-hydrogen) atoms. The molecule has 2 aromatic carbocycles. The van der Waals surface area contributed by atoms with Gasteiger partial charge in [0.15, 0.2) is 0 Å². The molecule has 0 saturated carbocycles. The van der Waals surface area contributed by atoms with E-state index in [0.717, 1.165) is 26.9 Å². The third-order valence-electron chi connectivity index (χ3n) is 3.90. The molecular weight excluding hydrogens is 368 g/mol. The zero-order valence-corrected chi connectivity index (χ0v) is 16.0. The number of thiazole rings is 1. The predicted octanol–water partition coefficient (Wildman–Crippen LogP) is 4.91. The number of ether oxygens (including phenoxy) is 1. The van der Waals surface area contributed by atoms with Gasteiger partial charge in [-0.2, -0.15) is 0 Å². The molecule has 5 nitrogen and oxygen atoms in total. The summed E-state index contributed by atoms with van der Waals surface area (Å²) < 4.78 is 5.41. The molecule has 0 saturated heterocycles. The monoisotopic (exact) mass is 386 g/mol. The highest BCUT2D eigenvalue weighted by Crippen LogP contribution is 2.35. The molecule has 0 amide bonds. The van der Waals surface area contributed by atoms with E-state index in [2.05, 4.69) is 16.0 Å². The maximum absolute atomic E-state index is 11.1. The van der Waals surface area contributed by atoms with Crippen molar-refractivity contribution >= 4 is 40.4 Å². The minimum Gasteiger partial charge on any atom is -0.496 e. The number of methoxy groups -OCH3 is 1. The molecule has 3 rings (SSSR count). The van der Waals surface area contributed by atoms with Crippen LogP contribution in [0.5, 0.6) is 5.75 Å². The zero-order valence-electron chi connectivity index (χ0n) is 14.4. The van der Waals surface area contributed by atoms with Crippen molar-refractivity contribution in [1.29, 1.82) is 0 Å². The van der Waals surface area contributed by atoms with Crippen molar-refractivity contribution in [3.8, 4) is 5.75 Å². The van der Waals surface area contributed by atoms with Gasteiger partial charge < -0.3 is 14.7 Å². The van der Waals surface area contributed by atoms with Gasteiger partial charge in [-0.15, -0.1) is 23.1 Å². The van der Waals surface area contributed by atoms with Gasteiger partial charge in [0.2, 0.25) is 0 Å². The number of thioether (sulfide) groups is 1. The molecule has 0 radical (unpaired) electrons. The number of hydrogen-bond acceptors (Lipinski definition) is 6. The molecule has 1 N–H and O–H groups in total. The summed E-state index contributed by atoms with van der Waals surface area (Å²) in [7, 11) is 1.66. The number of anilines is 2. The molecule has 0 bridgehead atoms. The van der Waals surface area contributed by atoms with Gasteiger partial charge in [0.05, 0.1) is 29.6 Å². The predicted molar refractivity (Wildman–Crippen MR) is 106 cm³/mol. The minimum atomic E-state index is -0.931. The average Bonchev–Trinajstić information content (AvgIpc) is 3.19. The summed E-state index contributed by atoms with van der Waals surface area (Å²) in [4.78, 5) is 19.6. The summed E-state index contributed by atoms with van der Waals surface area (Å²) in [6, 6.07) is 12.9. The fourth-order valence-electron chi connectivity index (χ4n) is 2.58. The molecule has 1 heterocycles. The van der Waals surface area contributed by atoms with Crippen LogP contribution in [0.4, 0.5) is 11.4 Å². The molecule has 0 aliphatic rings. The maximum atomic E-state index is 11.1. The largest absolute Gasteiger partial charge is 0.496 e. The van der Waals surface area contributed by atoms with Crippen molar-refractivity contribution in [2.24, 2.45) is 0 Å². The maximum Gasteiger partial charge on any atom is 0.335 e. The average molecular weight is 386 g/mol. The van der Waals surface area contributed by atoms with Crippen molar-refractivity contribution in [3.63, 3.8) is 0 Å². The molecular formula is C19H18N2O3S2. The Morgan fingerprint density at radius 1 is 1.23 bits per heavy atom. The number of benzene rings is 2. The topological polar surface area (TPSA) is 62.7 Å². The van der Waals surface area contributed by atoms with Gasteiger partial charge in [-0.1, -0.05) is 0 Å². The van der Waals surface area contributed by atoms with Gasteiger partial charge in [0.25, 0.3) is 0 Å². The van der Waals surface area contributed by atoms with Crippen LogP contribution in [0.3, 0.4) is 0 Å². The van der Waals surface area contributed by atoms with E-state index < -0.39 is 5.97 Å². The lowest BCUT2D eigenvalue weighted by atomic mass is 10.1. The van der Waals surface area contributed by atoms with E-state index in [1.165, 1.54) is 0 Å². The van der Waals surface area contributed by atoms with Crippen LogP contribution in [-0.4, -0.2) is 29.4 Å². The van der Waals surface area contributed by atoms with Crippen molar-refractivity contribution < 1.29 is 14.6 Å². The van der Waals surface area contributed by atoms with E-state index >= 15 is 0 Å². The van der Waals surface area contributed by atoms with Crippen LogP contribution in [0.2, 0.25) is 0 Å². The third kappa shape index (κ3) is 4.00. The number of hydrogen-bond donors (Lipinski definition) is 1. The van der Waals surface area contributed by atoms with Gasteiger partial charge in [0, 0.05) is 22.4 Å². The minimum absolute atomic E-state index is 0.269. The van der Waals surface area contributed by atoms with Crippen LogP contribution in [0, 0.1) is 0 Å². The highest BCUT2D eigenvalue weighted by molar-refractivity contribution is 7.98. The first kappa shape index (κ1) is 18.3. The first-order valence-electron chi connectivity index (χ1n) is 7.82. The highest BCUT2D eigenvalue weighted by Gasteiger charge is 2.14. The Morgan fingerprint density at radius 2 is 1.96 bits per heavy atom. The molecule has 0 aliphatic carbocycles. The fourth-order valence-corrected chi connectivity index (χ4v) is 3.76. The lowest BCUT2D eigenvalue weighted by molar-refractivity contribution is 0.0697. The van der Waals surface area contributed by atoms with Crippen LogP contribution in [0.15, 0.2) is 59.1 Å². The van der Waals surface area contributed by atoms with Crippen molar-refractivity contribution in [2.75, 3.05) is 18.3 Å². The summed E-state index contributed by atoms with van der Waals surface area (Å²) in [5, 5.41) is 9.13. The van der Waals surface area contributed by atoms with Gasteiger partial charge >= 0.3 is 5.97 Å². The summed E-state index contributed by atoms with van der Waals surface area (Å²) in [5.74, 6) is -0.0973. The van der Waals surface area contributed by atoms with Gasteiger partial charge in [-0.25, -0.2) is 4.79 Å². The first-order valence-corrected chi connectivity index (χ1v) is 9.93. The van der Waals surface area contributed by atoms with Crippen molar-refractivity contribution in [3.05, 3.63) is 64.6 Å². The summed E-state index contributed by atoms with van der Waals surface area (Å²) >= 11 is 3.21. The molecule has 0 fully saturated rings. The smallest absolute Gasteiger partial charge is 0.335 e. The quantitative estimate of drug-likeness (QED) is 0.582. The number of nitrogens with zero attached hydrogens (tertiary/aromatic N) is 2. The second kappa shape index (κ2) is 8.25. The second-order valence-corrected chi connectivity index (χ2v) is 7.26. The number of carboxylic acids is 1. The zero-order chi connectivity index (χ0) is 18.5. The highest BCUT2D eigenvalue weighted by atomic mass is 32.2. The van der Waals surface area contributed by atoms with E-state index in [4.69, 9.17) is 9.84 Å². The van der Waals surface area contributed by atoms with E-state index in [-0.39, 0.29) is 5.56 Å². The van der Waals surface area contributed by atoms with Crippen LogP contribution in [0.1, 0.15) is 15.2 Å². The Morgan fingerprint density at radius 3 is 2.54 bits per heavy atom. The Bertz CT molecular complexity index is 880. The first-order chi connectivity index (χ1) is 12.6. The molecule has 3 aromatic rings. The Hall–Kier alpha value is -2.51. The van der Waals surface area contributed by atoms with E-state index in [9.17, 15) is 4.79 Å². The van der Waals surface area contributed by atoms with Crippen molar-refractivity contribution in [2.45, 2.75) is 11.4 Å². The second-order valence-electron chi connectivity index (χ2n) is 5.45. The SMILES string of the molecule is COc1ccc(N(Cc2cncs2)c2ccc(C(=O)O)cc2)cc1SC. The van der Waals surface area contributed by atoms with E-state index in [1.54, 1.807) is 42.3 Å². The van der Waals surface area contributed by atoms with Crippen LogP contribution in [-0.2, 0) is 6.54 Å². The number of aromatic carboxylic acids is 1. The molecule has 0 unspecified atom stereocenters. The van der Waals surface area contributed by atoms with Crippen LogP contribution in [0.25, 0.3) is 0 Å². The number of carboxylic acid groups (broad SMARTS) is 1. The third-order valence-corrected chi connectivity index (χ3v) is 5.43. The van der Waals surface area contributed by atoms with Gasteiger partial charge in [0.1, 0.15) is 5.75 Å². The van der Waals surface area contributed by atoms with Crippen LogP contribution >= 0.6 is 23.1 Å². The molecule has 0 aliphatic heterocycles. The standard InChI is InChI=1S/C19H18N2O3S2/c1-24-17-8-7-15(9-18(17)25-2)21(11-16-10-20-12-26-16)14-5-3-13(4-6-14)19(22)23/h3-10,12H,11H2,1-2H3,(H,22,23). The number of carbonyl (C=O) groups is 1. The number of rotatable bonds is 7.